The monoisotopic (exact) mass is 314 g/mol. The minimum atomic E-state index is -2.66. The van der Waals surface area contributed by atoms with Crippen molar-refractivity contribution in [1.82, 2.24) is 24.8 Å². The summed E-state index contributed by atoms with van der Waals surface area (Å²) in [5.41, 5.74) is 6.15. The molecule has 0 aromatic carbocycles. The predicted molar refractivity (Wildman–Crippen MR) is 75.5 cm³/mol. The first kappa shape index (κ1) is 14.4. The molecule has 2 N–H and O–H groups in total. The van der Waals surface area contributed by atoms with Gasteiger partial charge in [-0.25, -0.2) is 13.8 Å². The maximum Gasteiger partial charge on any atom is 0.248 e. The quantitative estimate of drug-likeness (QED) is 0.857. The van der Waals surface area contributed by atoms with Crippen LogP contribution in [0, 0.1) is 5.92 Å². The van der Waals surface area contributed by atoms with Gasteiger partial charge in [-0.05, 0) is 18.6 Å². The van der Waals surface area contributed by atoms with Crippen LogP contribution in [-0.4, -0.2) is 37.0 Å². The molecule has 21 heavy (non-hydrogen) atoms. The SMILES string of the molecule is CSc1nc(N)nn2c(C3CC(F)(F)CCC3C)nnc12. The third-order valence-electron chi connectivity index (χ3n) is 3.97. The molecule has 2 aromatic heterocycles. The number of hydrogen-bond acceptors (Lipinski definition) is 6. The van der Waals surface area contributed by atoms with E-state index in [2.05, 4.69) is 20.3 Å². The molecular formula is C12H16F2N6S. The fraction of sp³-hybridized carbons (Fsp3) is 0.667. The van der Waals surface area contributed by atoms with Gasteiger partial charge in [-0.1, -0.05) is 6.92 Å². The number of hydrogen-bond donors (Lipinski definition) is 1. The lowest BCUT2D eigenvalue weighted by atomic mass is 9.78. The highest BCUT2D eigenvalue weighted by Gasteiger charge is 2.42. The molecule has 0 bridgehead atoms. The summed E-state index contributed by atoms with van der Waals surface area (Å²) < 4.78 is 28.9. The Morgan fingerprint density at radius 3 is 2.86 bits per heavy atom. The van der Waals surface area contributed by atoms with E-state index in [0.717, 1.165) is 0 Å². The number of rotatable bonds is 2. The van der Waals surface area contributed by atoms with E-state index < -0.39 is 5.92 Å². The number of alkyl halides is 2. The number of halogens is 2. The molecule has 1 aliphatic rings. The zero-order valence-electron chi connectivity index (χ0n) is 11.8. The fourth-order valence-electron chi connectivity index (χ4n) is 2.78. The Labute approximate surface area is 124 Å². The summed E-state index contributed by atoms with van der Waals surface area (Å²) in [4.78, 5) is 4.08. The lowest BCUT2D eigenvalue weighted by molar-refractivity contribution is -0.0539. The van der Waals surface area contributed by atoms with Crippen LogP contribution < -0.4 is 5.73 Å². The summed E-state index contributed by atoms with van der Waals surface area (Å²) in [6.07, 6.45) is 2.00. The van der Waals surface area contributed by atoms with Crippen LogP contribution in [0.1, 0.15) is 37.9 Å². The maximum absolute atomic E-state index is 13.7. The standard InChI is InChI=1S/C12H16F2N6S/c1-6-3-4-12(13,14)5-7(6)8-17-18-9-10(21-2)16-11(15)19-20(8)9/h6-7H,3-5H2,1-2H3,(H2,15,19). The van der Waals surface area contributed by atoms with Crippen LogP contribution in [0.25, 0.3) is 5.65 Å². The molecule has 9 heteroatoms. The average Bonchev–Trinajstić information content (AvgIpc) is 2.84. The van der Waals surface area contributed by atoms with Crippen molar-refractivity contribution in [1.29, 1.82) is 0 Å². The topological polar surface area (TPSA) is 82.0 Å². The highest BCUT2D eigenvalue weighted by atomic mass is 32.2. The van der Waals surface area contributed by atoms with Crippen LogP contribution >= 0.6 is 11.8 Å². The molecule has 2 unspecified atom stereocenters. The highest BCUT2D eigenvalue weighted by molar-refractivity contribution is 7.98. The minimum Gasteiger partial charge on any atom is -0.367 e. The lowest BCUT2D eigenvalue weighted by Gasteiger charge is -2.32. The molecule has 0 amide bonds. The van der Waals surface area contributed by atoms with Crippen LogP contribution in [-0.2, 0) is 0 Å². The van der Waals surface area contributed by atoms with E-state index >= 15 is 0 Å². The van der Waals surface area contributed by atoms with Gasteiger partial charge in [0.2, 0.25) is 17.5 Å². The number of thioether (sulfide) groups is 1. The number of nitrogens with zero attached hydrogens (tertiary/aromatic N) is 5. The molecule has 114 valence electrons. The Bertz CT molecular complexity index is 673. The predicted octanol–water partition coefficient (Wildman–Crippen LogP) is 2.36. The molecule has 2 heterocycles. The van der Waals surface area contributed by atoms with Crippen molar-refractivity contribution < 1.29 is 8.78 Å². The second-order valence-electron chi connectivity index (χ2n) is 5.46. The third kappa shape index (κ3) is 2.54. The molecule has 3 rings (SSSR count). The first-order valence-corrected chi connectivity index (χ1v) is 7.94. The lowest BCUT2D eigenvalue weighted by Crippen LogP contribution is -2.31. The number of aromatic nitrogens is 5. The number of anilines is 1. The molecule has 1 fully saturated rings. The highest BCUT2D eigenvalue weighted by Crippen LogP contribution is 2.44. The average molecular weight is 314 g/mol. The van der Waals surface area contributed by atoms with E-state index in [1.807, 2.05) is 13.2 Å². The molecule has 2 atom stereocenters. The summed E-state index contributed by atoms with van der Waals surface area (Å²) in [5.74, 6) is -2.41. The van der Waals surface area contributed by atoms with E-state index in [0.29, 0.717) is 22.9 Å². The molecule has 0 radical (unpaired) electrons. The van der Waals surface area contributed by atoms with Crippen molar-refractivity contribution in [3.63, 3.8) is 0 Å². The van der Waals surface area contributed by atoms with Crippen LogP contribution in [0.3, 0.4) is 0 Å². The molecule has 2 aromatic rings. The van der Waals surface area contributed by atoms with Gasteiger partial charge in [0.05, 0.1) is 0 Å². The molecule has 6 nitrogen and oxygen atoms in total. The van der Waals surface area contributed by atoms with Gasteiger partial charge in [0.1, 0.15) is 5.03 Å². The van der Waals surface area contributed by atoms with Crippen LogP contribution in [0.5, 0.6) is 0 Å². The van der Waals surface area contributed by atoms with E-state index in [-0.39, 0.29) is 30.6 Å². The van der Waals surface area contributed by atoms with Crippen molar-refractivity contribution in [2.45, 2.75) is 43.1 Å². The summed E-state index contributed by atoms with van der Waals surface area (Å²) >= 11 is 1.37. The van der Waals surface area contributed by atoms with Crippen molar-refractivity contribution >= 4 is 23.4 Å². The Balaban J connectivity index is 2.10. The second kappa shape index (κ2) is 5.04. The smallest absolute Gasteiger partial charge is 0.248 e. The van der Waals surface area contributed by atoms with Gasteiger partial charge in [0.25, 0.3) is 0 Å². The normalized spacial score (nSPS) is 25.3. The Morgan fingerprint density at radius 1 is 1.38 bits per heavy atom. The van der Waals surface area contributed by atoms with Crippen LogP contribution in [0.2, 0.25) is 0 Å². The molecule has 1 saturated carbocycles. The molecule has 0 aliphatic heterocycles. The van der Waals surface area contributed by atoms with Gasteiger partial charge in [0.15, 0.2) is 5.82 Å². The first-order chi connectivity index (χ1) is 9.91. The Kier molecular flexibility index (Phi) is 3.46. The summed E-state index contributed by atoms with van der Waals surface area (Å²) in [5, 5.41) is 12.8. The first-order valence-electron chi connectivity index (χ1n) is 6.72. The van der Waals surface area contributed by atoms with Gasteiger partial charge < -0.3 is 5.73 Å². The Morgan fingerprint density at radius 2 is 2.14 bits per heavy atom. The van der Waals surface area contributed by atoms with Crippen molar-refractivity contribution in [3.05, 3.63) is 5.82 Å². The maximum atomic E-state index is 13.7. The number of fused-ring (bicyclic) bond motifs is 1. The number of nitrogen functional groups attached to an aromatic ring is 1. The minimum absolute atomic E-state index is 0.0748. The third-order valence-corrected chi connectivity index (χ3v) is 4.63. The fourth-order valence-corrected chi connectivity index (χ4v) is 3.28. The summed E-state index contributed by atoms with van der Waals surface area (Å²) in [7, 11) is 0. The van der Waals surface area contributed by atoms with Gasteiger partial charge in [-0.3, -0.25) is 0 Å². The van der Waals surface area contributed by atoms with Gasteiger partial charge in [0, 0.05) is 18.8 Å². The van der Waals surface area contributed by atoms with E-state index in [9.17, 15) is 8.78 Å². The van der Waals surface area contributed by atoms with Crippen LogP contribution in [0.4, 0.5) is 14.7 Å². The summed E-state index contributed by atoms with van der Waals surface area (Å²) in [6.45, 7) is 1.96. The van der Waals surface area contributed by atoms with Gasteiger partial charge in [-0.2, -0.15) is 4.52 Å². The molecule has 0 saturated heterocycles. The Hall–Kier alpha value is -1.51. The van der Waals surface area contributed by atoms with E-state index in [1.165, 1.54) is 16.3 Å². The van der Waals surface area contributed by atoms with Crippen molar-refractivity contribution in [2.24, 2.45) is 5.92 Å². The summed E-state index contributed by atoms with van der Waals surface area (Å²) in [6, 6.07) is 0. The van der Waals surface area contributed by atoms with Crippen LogP contribution in [0.15, 0.2) is 5.03 Å². The van der Waals surface area contributed by atoms with Gasteiger partial charge in [-0.15, -0.1) is 27.1 Å². The van der Waals surface area contributed by atoms with Crippen molar-refractivity contribution in [2.75, 3.05) is 12.0 Å². The zero-order chi connectivity index (χ0) is 15.2. The molecule has 0 spiro atoms. The molecular weight excluding hydrogens is 298 g/mol. The van der Waals surface area contributed by atoms with E-state index in [4.69, 9.17) is 5.73 Å². The second-order valence-corrected chi connectivity index (χ2v) is 6.25. The van der Waals surface area contributed by atoms with Crippen molar-refractivity contribution in [3.8, 4) is 0 Å². The molecule has 1 aliphatic carbocycles. The largest absolute Gasteiger partial charge is 0.367 e. The number of nitrogens with two attached hydrogens (primary N) is 1. The zero-order valence-corrected chi connectivity index (χ0v) is 12.6. The van der Waals surface area contributed by atoms with E-state index in [1.54, 1.807) is 0 Å². The van der Waals surface area contributed by atoms with Gasteiger partial charge >= 0.3 is 0 Å².